The van der Waals surface area contributed by atoms with E-state index in [-0.39, 0.29) is 24.0 Å². The molecule has 1 atom stereocenters. The number of rotatable bonds is 10. The van der Waals surface area contributed by atoms with Crippen LogP contribution in [0.15, 0.2) is 23.3 Å². The summed E-state index contributed by atoms with van der Waals surface area (Å²) in [7, 11) is 1.80. The van der Waals surface area contributed by atoms with Crippen molar-refractivity contribution in [3.05, 3.63) is 23.9 Å². The zero-order valence-electron chi connectivity index (χ0n) is 19.0. The molecule has 1 unspecified atom stereocenters. The highest BCUT2D eigenvalue weighted by Gasteiger charge is 2.17. The summed E-state index contributed by atoms with van der Waals surface area (Å²) >= 11 is 0. The SMILES string of the molecule is CCN1CCN(c2cc(CNC(=NC)NCCCOCC3CCCO3)ccn2)CC1.I. The van der Waals surface area contributed by atoms with Crippen molar-refractivity contribution in [2.24, 2.45) is 4.99 Å². The van der Waals surface area contributed by atoms with Gasteiger partial charge in [-0.05, 0) is 43.5 Å². The highest BCUT2D eigenvalue weighted by atomic mass is 127. The maximum absolute atomic E-state index is 5.71. The molecule has 176 valence electrons. The molecule has 2 saturated heterocycles. The number of ether oxygens (including phenoxy) is 2. The van der Waals surface area contributed by atoms with Crippen LogP contribution in [-0.2, 0) is 16.0 Å². The van der Waals surface area contributed by atoms with E-state index in [9.17, 15) is 0 Å². The van der Waals surface area contributed by atoms with Gasteiger partial charge in [0.1, 0.15) is 5.82 Å². The minimum absolute atomic E-state index is 0. The third-order valence-corrected chi connectivity index (χ3v) is 5.72. The lowest BCUT2D eigenvalue weighted by molar-refractivity contribution is 0.0168. The molecule has 2 aliphatic heterocycles. The molecule has 2 fully saturated rings. The van der Waals surface area contributed by atoms with Gasteiger partial charge in [-0.1, -0.05) is 6.92 Å². The minimum atomic E-state index is 0. The van der Waals surface area contributed by atoms with E-state index in [1.807, 2.05) is 6.20 Å². The number of guanidine groups is 1. The standard InChI is InChI=1S/C22H38N6O2.HI/c1-3-27-10-12-28(13-11-27)21-16-19(7-9-24-21)17-26-22(23-2)25-8-5-14-29-18-20-6-4-15-30-20;/h7,9,16,20H,3-6,8,10-15,17-18H2,1-2H3,(H2,23,25,26);1H. The van der Waals surface area contributed by atoms with Crippen LogP contribution >= 0.6 is 24.0 Å². The second-order valence-electron chi connectivity index (χ2n) is 7.86. The van der Waals surface area contributed by atoms with Crippen molar-refractivity contribution in [1.82, 2.24) is 20.5 Å². The molecule has 8 nitrogen and oxygen atoms in total. The van der Waals surface area contributed by atoms with Crippen LogP contribution < -0.4 is 15.5 Å². The van der Waals surface area contributed by atoms with E-state index in [2.05, 4.69) is 49.5 Å². The van der Waals surface area contributed by atoms with Crippen LogP contribution in [0.5, 0.6) is 0 Å². The van der Waals surface area contributed by atoms with Gasteiger partial charge >= 0.3 is 0 Å². The quantitative estimate of drug-likeness (QED) is 0.202. The number of nitrogens with one attached hydrogen (secondary N) is 2. The van der Waals surface area contributed by atoms with Crippen LogP contribution in [0.2, 0.25) is 0 Å². The number of pyridine rings is 1. The van der Waals surface area contributed by atoms with Crippen molar-refractivity contribution >= 4 is 35.8 Å². The van der Waals surface area contributed by atoms with Crippen LogP contribution in [0.4, 0.5) is 5.82 Å². The van der Waals surface area contributed by atoms with Gasteiger partial charge in [0, 0.05) is 65.7 Å². The van der Waals surface area contributed by atoms with E-state index >= 15 is 0 Å². The second kappa shape index (κ2) is 14.8. The van der Waals surface area contributed by atoms with Gasteiger partial charge in [0.25, 0.3) is 0 Å². The first-order chi connectivity index (χ1) is 14.8. The minimum Gasteiger partial charge on any atom is -0.379 e. The molecule has 0 spiro atoms. The number of piperazine rings is 1. The van der Waals surface area contributed by atoms with Crippen molar-refractivity contribution < 1.29 is 9.47 Å². The lowest BCUT2D eigenvalue weighted by atomic mass is 10.2. The Hall–Kier alpha value is -1.17. The maximum atomic E-state index is 5.71. The first kappa shape index (κ1) is 26.1. The summed E-state index contributed by atoms with van der Waals surface area (Å²) in [5.41, 5.74) is 1.21. The summed E-state index contributed by atoms with van der Waals surface area (Å²) in [6, 6.07) is 4.24. The van der Waals surface area contributed by atoms with E-state index < -0.39 is 0 Å². The van der Waals surface area contributed by atoms with Gasteiger partial charge in [-0.15, -0.1) is 24.0 Å². The predicted molar refractivity (Wildman–Crippen MR) is 137 cm³/mol. The zero-order chi connectivity index (χ0) is 21.0. The van der Waals surface area contributed by atoms with Gasteiger partial charge in [0.2, 0.25) is 0 Å². The van der Waals surface area contributed by atoms with Crippen molar-refractivity contribution in [2.45, 2.75) is 38.8 Å². The van der Waals surface area contributed by atoms with E-state index in [4.69, 9.17) is 9.47 Å². The van der Waals surface area contributed by atoms with E-state index in [0.717, 1.165) is 90.1 Å². The monoisotopic (exact) mass is 546 g/mol. The lowest BCUT2D eigenvalue weighted by Crippen LogP contribution is -2.46. The lowest BCUT2D eigenvalue weighted by Gasteiger charge is -2.34. The molecule has 0 radical (unpaired) electrons. The number of halogens is 1. The second-order valence-corrected chi connectivity index (χ2v) is 7.86. The van der Waals surface area contributed by atoms with E-state index in [1.54, 1.807) is 7.05 Å². The van der Waals surface area contributed by atoms with Crippen LogP contribution in [0.3, 0.4) is 0 Å². The van der Waals surface area contributed by atoms with Gasteiger partial charge < -0.3 is 29.9 Å². The van der Waals surface area contributed by atoms with Crippen molar-refractivity contribution in [3.63, 3.8) is 0 Å². The highest BCUT2D eigenvalue weighted by Crippen LogP contribution is 2.15. The maximum Gasteiger partial charge on any atom is 0.191 e. The van der Waals surface area contributed by atoms with Gasteiger partial charge in [-0.3, -0.25) is 4.99 Å². The zero-order valence-corrected chi connectivity index (χ0v) is 21.3. The van der Waals surface area contributed by atoms with Gasteiger partial charge in [0.15, 0.2) is 5.96 Å². The first-order valence-corrected chi connectivity index (χ1v) is 11.3. The molecule has 2 aliphatic rings. The van der Waals surface area contributed by atoms with Crippen molar-refractivity contribution in [1.29, 1.82) is 0 Å². The fraction of sp³-hybridized carbons (Fsp3) is 0.727. The predicted octanol–water partition coefficient (Wildman–Crippen LogP) is 2.09. The Morgan fingerprint density at radius 3 is 2.84 bits per heavy atom. The third kappa shape index (κ3) is 9.07. The van der Waals surface area contributed by atoms with Crippen molar-refractivity contribution in [2.75, 3.05) is 71.0 Å². The molecule has 9 heteroatoms. The van der Waals surface area contributed by atoms with Crippen LogP contribution in [-0.4, -0.2) is 88.1 Å². The number of aromatic nitrogens is 1. The molecule has 3 heterocycles. The Labute approximate surface area is 204 Å². The Bertz CT molecular complexity index is 649. The number of hydrogen-bond acceptors (Lipinski definition) is 6. The Morgan fingerprint density at radius 1 is 1.29 bits per heavy atom. The van der Waals surface area contributed by atoms with Gasteiger partial charge in [-0.2, -0.15) is 0 Å². The molecule has 1 aromatic rings. The Morgan fingerprint density at radius 2 is 2.13 bits per heavy atom. The normalized spacial score (nSPS) is 19.9. The van der Waals surface area contributed by atoms with E-state index in [0.29, 0.717) is 12.7 Å². The molecule has 3 rings (SSSR count). The number of hydrogen-bond donors (Lipinski definition) is 2. The van der Waals surface area contributed by atoms with Gasteiger partial charge in [0.05, 0.1) is 12.7 Å². The Kier molecular flexibility index (Phi) is 12.5. The molecular weight excluding hydrogens is 507 g/mol. The largest absolute Gasteiger partial charge is 0.379 e. The first-order valence-electron chi connectivity index (χ1n) is 11.3. The number of anilines is 1. The third-order valence-electron chi connectivity index (χ3n) is 5.72. The average Bonchev–Trinajstić information content (AvgIpc) is 3.32. The molecule has 0 aliphatic carbocycles. The molecule has 1 aromatic heterocycles. The highest BCUT2D eigenvalue weighted by molar-refractivity contribution is 14.0. The molecule has 0 saturated carbocycles. The summed E-state index contributed by atoms with van der Waals surface area (Å²) in [6.07, 6.45) is 5.43. The molecule has 2 N–H and O–H groups in total. The van der Waals surface area contributed by atoms with Crippen molar-refractivity contribution in [3.8, 4) is 0 Å². The molecule has 0 bridgehead atoms. The average molecular weight is 546 g/mol. The summed E-state index contributed by atoms with van der Waals surface area (Å²) in [5, 5.41) is 6.74. The molecular formula is C22H39IN6O2. The summed E-state index contributed by atoms with van der Waals surface area (Å²) in [5.74, 6) is 1.88. The smallest absolute Gasteiger partial charge is 0.191 e. The van der Waals surface area contributed by atoms with E-state index in [1.165, 1.54) is 5.56 Å². The van der Waals surface area contributed by atoms with Crippen LogP contribution in [0.25, 0.3) is 0 Å². The van der Waals surface area contributed by atoms with Crippen LogP contribution in [0, 0.1) is 0 Å². The topological polar surface area (TPSA) is 74.2 Å². The molecule has 31 heavy (non-hydrogen) atoms. The van der Waals surface area contributed by atoms with Crippen LogP contribution in [0.1, 0.15) is 31.7 Å². The number of nitrogens with zero attached hydrogens (tertiary/aromatic N) is 4. The van der Waals surface area contributed by atoms with Gasteiger partial charge in [-0.25, -0.2) is 4.98 Å². The fourth-order valence-electron chi connectivity index (χ4n) is 3.81. The number of likely N-dealkylation sites (N-methyl/N-ethyl adjacent to an activating group) is 1. The molecule has 0 amide bonds. The Balaban J connectivity index is 0.00000341. The fourth-order valence-corrected chi connectivity index (χ4v) is 3.81. The molecule has 0 aromatic carbocycles. The number of aliphatic imine (C=N–C) groups is 1. The summed E-state index contributed by atoms with van der Waals surface area (Å²) < 4.78 is 11.3. The summed E-state index contributed by atoms with van der Waals surface area (Å²) in [6.45, 7) is 11.5. The summed E-state index contributed by atoms with van der Waals surface area (Å²) in [4.78, 5) is 13.7.